The molecule has 0 bridgehead atoms. The SMILES string of the molecule is CC(Nc1cccc(C(F)(F)F)n1)c1cccs1. The van der Waals surface area contributed by atoms with Crippen molar-refractivity contribution in [2.45, 2.75) is 19.1 Å². The molecule has 96 valence electrons. The van der Waals surface area contributed by atoms with E-state index in [1.807, 2.05) is 24.4 Å². The Morgan fingerprint density at radius 2 is 2.00 bits per heavy atom. The van der Waals surface area contributed by atoms with Gasteiger partial charge < -0.3 is 5.32 Å². The number of pyridine rings is 1. The molecule has 0 aliphatic rings. The Morgan fingerprint density at radius 1 is 1.22 bits per heavy atom. The number of hydrogen-bond acceptors (Lipinski definition) is 3. The fourth-order valence-electron chi connectivity index (χ4n) is 1.50. The van der Waals surface area contributed by atoms with Gasteiger partial charge in [0.25, 0.3) is 0 Å². The molecule has 2 aromatic heterocycles. The minimum Gasteiger partial charge on any atom is -0.363 e. The first-order valence-electron chi connectivity index (χ1n) is 5.31. The van der Waals surface area contributed by atoms with Crippen LogP contribution in [0.3, 0.4) is 0 Å². The van der Waals surface area contributed by atoms with Crippen molar-refractivity contribution in [3.63, 3.8) is 0 Å². The maximum Gasteiger partial charge on any atom is 0.433 e. The van der Waals surface area contributed by atoms with E-state index in [9.17, 15) is 13.2 Å². The number of aromatic nitrogens is 1. The number of nitrogens with one attached hydrogen (secondary N) is 1. The summed E-state index contributed by atoms with van der Waals surface area (Å²) in [6.45, 7) is 1.88. The molecule has 6 heteroatoms. The smallest absolute Gasteiger partial charge is 0.363 e. The summed E-state index contributed by atoms with van der Waals surface area (Å²) >= 11 is 1.55. The van der Waals surface area contributed by atoms with E-state index < -0.39 is 11.9 Å². The molecule has 0 amide bonds. The molecule has 0 radical (unpaired) electrons. The summed E-state index contributed by atoms with van der Waals surface area (Å²) in [6, 6.07) is 7.59. The van der Waals surface area contributed by atoms with Crippen LogP contribution in [0.25, 0.3) is 0 Å². The van der Waals surface area contributed by atoms with Crippen molar-refractivity contribution in [3.05, 3.63) is 46.3 Å². The quantitative estimate of drug-likeness (QED) is 0.899. The summed E-state index contributed by atoms with van der Waals surface area (Å²) in [7, 11) is 0. The van der Waals surface area contributed by atoms with Crippen LogP contribution in [0.4, 0.5) is 19.0 Å². The van der Waals surface area contributed by atoms with Gasteiger partial charge in [0, 0.05) is 4.88 Å². The van der Waals surface area contributed by atoms with Gasteiger partial charge in [0.2, 0.25) is 0 Å². The molecule has 2 aromatic rings. The zero-order valence-electron chi connectivity index (χ0n) is 9.53. The molecule has 0 saturated carbocycles. The van der Waals surface area contributed by atoms with Crippen molar-refractivity contribution >= 4 is 17.2 Å². The highest BCUT2D eigenvalue weighted by molar-refractivity contribution is 7.10. The number of nitrogens with zero attached hydrogens (tertiary/aromatic N) is 1. The lowest BCUT2D eigenvalue weighted by Gasteiger charge is -2.14. The minimum atomic E-state index is -4.41. The molecular weight excluding hydrogens is 261 g/mol. The van der Waals surface area contributed by atoms with E-state index in [0.717, 1.165) is 10.9 Å². The Morgan fingerprint density at radius 3 is 2.61 bits per heavy atom. The van der Waals surface area contributed by atoms with Crippen LogP contribution in [0, 0.1) is 0 Å². The van der Waals surface area contributed by atoms with Crippen LogP contribution in [-0.4, -0.2) is 4.98 Å². The number of alkyl halides is 3. The summed E-state index contributed by atoms with van der Waals surface area (Å²) in [4.78, 5) is 4.61. The normalized spacial score (nSPS) is 13.3. The van der Waals surface area contributed by atoms with Gasteiger partial charge in [0.15, 0.2) is 0 Å². The lowest BCUT2D eigenvalue weighted by Crippen LogP contribution is -2.11. The van der Waals surface area contributed by atoms with Gasteiger partial charge in [0.05, 0.1) is 6.04 Å². The highest BCUT2D eigenvalue weighted by atomic mass is 32.1. The Kier molecular flexibility index (Phi) is 3.56. The Hall–Kier alpha value is -1.56. The number of rotatable bonds is 3. The van der Waals surface area contributed by atoms with Crippen molar-refractivity contribution in [1.82, 2.24) is 4.98 Å². The van der Waals surface area contributed by atoms with Crippen LogP contribution in [0.5, 0.6) is 0 Å². The van der Waals surface area contributed by atoms with Crippen molar-refractivity contribution in [2.24, 2.45) is 0 Å². The molecule has 2 rings (SSSR count). The van der Waals surface area contributed by atoms with Crippen LogP contribution in [0.15, 0.2) is 35.7 Å². The van der Waals surface area contributed by atoms with Crippen LogP contribution >= 0.6 is 11.3 Å². The van der Waals surface area contributed by atoms with Gasteiger partial charge in [-0.3, -0.25) is 0 Å². The second kappa shape index (κ2) is 4.97. The minimum absolute atomic E-state index is 0.0685. The predicted molar refractivity (Wildman–Crippen MR) is 65.6 cm³/mol. The second-order valence-electron chi connectivity index (χ2n) is 3.79. The lowest BCUT2D eigenvalue weighted by atomic mass is 10.2. The zero-order chi connectivity index (χ0) is 13.2. The first-order chi connectivity index (χ1) is 8.47. The predicted octanol–water partition coefficient (Wildman–Crippen LogP) is 4.34. The Labute approximate surface area is 106 Å². The van der Waals surface area contributed by atoms with E-state index in [1.54, 1.807) is 11.3 Å². The van der Waals surface area contributed by atoms with Crippen molar-refractivity contribution in [1.29, 1.82) is 0 Å². The summed E-state index contributed by atoms with van der Waals surface area (Å²) in [5.74, 6) is 0.228. The van der Waals surface area contributed by atoms with Crippen LogP contribution in [0.2, 0.25) is 0 Å². The van der Waals surface area contributed by atoms with Gasteiger partial charge in [0.1, 0.15) is 11.5 Å². The van der Waals surface area contributed by atoms with Crippen LogP contribution in [-0.2, 0) is 6.18 Å². The monoisotopic (exact) mass is 272 g/mol. The Bertz CT molecular complexity index is 508. The average molecular weight is 272 g/mol. The van der Waals surface area contributed by atoms with Crippen molar-refractivity contribution in [2.75, 3.05) is 5.32 Å². The number of hydrogen-bond donors (Lipinski definition) is 1. The average Bonchev–Trinajstić information content (AvgIpc) is 2.81. The molecule has 2 nitrogen and oxygen atoms in total. The van der Waals surface area contributed by atoms with Gasteiger partial charge in [-0.1, -0.05) is 12.1 Å². The standard InChI is InChI=1S/C12H11F3N2S/c1-8(9-4-3-7-18-9)16-11-6-2-5-10(17-11)12(13,14)15/h2-8H,1H3,(H,16,17). The molecule has 2 heterocycles. The summed E-state index contributed by atoms with van der Waals surface area (Å²) in [5, 5.41) is 4.88. The molecule has 0 saturated heterocycles. The van der Waals surface area contributed by atoms with E-state index >= 15 is 0 Å². The third-order valence-electron chi connectivity index (χ3n) is 2.37. The highest BCUT2D eigenvalue weighted by Crippen LogP contribution is 2.29. The topological polar surface area (TPSA) is 24.9 Å². The first-order valence-corrected chi connectivity index (χ1v) is 6.19. The van der Waals surface area contributed by atoms with E-state index in [4.69, 9.17) is 0 Å². The van der Waals surface area contributed by atoms with Crippen LogP contribution < -0.4 is 5.32 Å². The highest BCUT2D eigenvalue weighted by Gasteiger charge is 2.32. The molecule has 18 heavy (non-hydrogen) atoms. The molecule has 1 atom stereocenters. The molecule has 1 N–H and O–H groups in total. The van der Waals surface area contributed by atoms with Gasteiger partial charge in [-0.05, 0) is 30.5 Å². The summed E-state index contributed by atoms with van der Waals surface area (Å²) < 4.78 is 37.5. The molecule has 0 aliphatic carbocycles. The second-order valence-corrected chi connectivity index (χ2v) is 4.77. The van der Waals surface area contributed by atoms with E-state index in [1.165, 1.54) is 12.1 Å². The lowest BCUT2D eigenvalue weighted by molar-refractivity contribution is -0.141. The maximum absolute atomic E-state index is 12.5. The zero-order valence-corrected chi connectivity index (χ0v) is 10.3. The first kappa shape index (κ1) is 12.9. The van der Waals surface area contributed by atoms with E-state index in [2.05, 4.69) is 10.3 Å². The van der Waals surface area contributed by atoms with E-state index in [0.29, 0.717) is 0 Å². The largest absolute Gasteiger partial charge is 0.433 e. The fourth-order valence-corrected chi connectivity index (χ4v) is 2.24. The molecule has 1 unspecified atom stereocenters. The fraction of sp³-hybridized carbons (Fsp3) is 0.250. The summed E-state index contributed by atoms with van der Waals surface area (Å²) in [5.41, 5.74) is -0.883. The van der Waals surface area contributed by atoms with Crippen molar-refractivity contribution in [3.8, 4) is 0 Å². The van der Waals surface area contributed by atoms with Crippen LogP contribution in [0.1, 0.15) is 23.5 Å². The molecule has 0 aliphatic heterocycles. The van der Waals surface area contributed by atoms with Crippen molar-refractivity contribution < 1.29 is 13.2 Å². The molecule has 0 aromatic carbocycles. The third-order valence-corrected chi connectivity index (χ3v) is 3.43. The number of anilines is 1. The van der Waals surface area contributed by atoms with E-state index in [-0.39, 0.29) is 11.9 Å². The number of halogens is 3. The van der Waals surface area contributed by atoms with Gasteiger partial charge in [-0.2, -0.15) is 13.2 Å². The maximum atomic E-state index is 12.5. The Balaban J connectivity index is 2.15. The third kappa shape index (κ3) is 3.01. The summed E-state index contributed by atoms with van der Waals surface area (Å²) in [6.07, 6.45) is -4.41. The molecular formula is C12H11F3N2S. The van der Waals surface area contributed by atoms with Gasteiger partial charge >= 0.3 is 6.18 Å². The molecule has 0 fully saturated rings. The number of thiophene rings is 1. The van der Waals surface area contributed by atoms with Gasteiger partial charge in [-0.25, -0.2) is 4.98 Å². The van der Waals surface area contributed by atoms with Gasteiger partial charge in [-0.15, -0.1) is 11.3 Å². The molecule has 0 spiro atoms.